The molecule has 2 N–H and O–H groups in total. The molecular formula is C14H17ClF4N2. The van der Waals surface area contributed by atoms with E-state index in [2.05, 4.69) is 0 Å². The number of nitrogens with two attached hydrogens (primary N) is 1. The van der Waals surface area contributed by atoms with Crippen LogP contribution in [0.5, 0.6) is 0 Å². The van der Waals surface area contributed by atoms with Crippen LogP contribution in [0, 0.1) is 5.82 Å². The minimum atomic E-state index is -4.39. The summed E-state index contributed by atoms with van der Waals surface area (Å²) in [6, 6.07) is 3.12. The largest absolute Gasteiger partial charge is 0.390 e. The van der Waals surface area contributed by atoms with Crippen molar-refractivity contribution >= 4 is 11.6 Å². The van der Waals surface area contributed by atoms with Gasteiger partial charge >= 0.3 is 6.18 Å². The maximum Gasteiger partial charge on any atom is 0.390 e. The summed E-state index contributed by atoms with van der Waals surface area (Å²) in [7, 11) is 0. The van der Waals surface area contributed by atoms with Crippen LogP contribution in [-0.4, -0.2) is 30.2 Å². The van der Waals surface area contributed by atoms with E-state index in [-0.39, 0.29) is 23.2 Å². The number of benzene rings is 1. The van der Waals surface area contributed by atoms with E-state index in [1.165, 1.54) is 18.2 Å². The van der Waals surface area contributed by atoms with Gasteiger partial charge in [-0.25, -0.2) is 4.39 Å². The van der Waals surface area contributed by atoms with Crippen molar-refractivity contribution in [3.63, 3.8) is 0 Å². The van der Waals surface area contributed by atoms with Gasteiger partial charge in [0, 0.05) is 30.7 Å². The Morgan fingerprint density at radius 2 is 2.00 bits per heavy atom. The Morgan fingerprint density at radius 1 is 1.33 bits per heavy atom. The average molecular weight is 325 g/mol. The maximum atomic E-state index is 14.2. The molecule has 1 fully saturated rings. The molecule has 0 heterocycles. The summed E-state index contributed by atoms with van der Waals surface area (Å²) in [5, 5.41) is -0.164. The molecule has 0 radical (unpaired) electrons. The van der Waals surface area contributed by atoms with Crippen LogP contribution in [0.15, 0.2) is 18.2 Å². The third-order valence-electron chi connectivity index (χ3n) is 3.57. The predicted octanol–water partition coefficient (Wildman–Crippen LogP) is 3.90. The van der Waals surface area contributed by atoms with E-state index in [9.17, 15) is 17.6 Å². The van der Waals surface area contributed by atoms with Gasteiger partial charge < -0.3 is 5.73 Å². The SMILES string of the molecule is NCCN(C1CC1)[C@@H](CC(F)(F)F)c1cccc(Cl)c1F. The average Bonchev–Trinajstić information content (AvgIpc) is 3.20. The molecule has 2 nitrogen and oxygen atoms in total. The number of rotatable bonds is 6. The van der Waals surface area contributed by atoms with Gasteiger partial charge in [-0.15, -0.1) is 0 Å². The molecule has 1 saturated carbocycles. The standard InChI is InChI=1S/C14H17ClF4N2/c15-11-3-1-2-10(13(11)16)12(8-14(17,18)19)21(7-6-20)9-4-5-9/h1-3,9,12H,4-8,20H2/t12-/m0/s1. The monoisotopic (exact) mass is 324 g/mol. The molecule has 1 aliphatic rings. The van der Waals surface area contributed by atoms with Gasteiger partial charge in [-0.2, -0.15) is 13.2 Å². The third-order valence-corrected chi connectivity index (χ3v) is 3.86. The molecule has 0 unspecified atom stereocenters. The van der Waals surface area contributed by atoms with E-state index in [4.69, 9.17) is 17.3 Å². The van der Waals surface area contributed by atoms with Gasteiger partial charge in [0.2, 0.25) is 0 Å². The van der Waals surface area contributed by atoms with Crippen LogP contribution in [0.1, 0.15) is 30.9 Å². The van der Waals surface area contributed by atoms with Gasteiger partial charge in [0.25, 0.3) is 0 Å². The quantitative estimate of drug-likeness (QED) is 0.804. The molecule has 0 aromatic heterocycles. The second-order valence-electron chi connectivity index (χ2n) is 5.24. The summed E-state index contributed by atoms with van der Waals surface area (Å²) >= 11 is 5.71. The Balaban J connectivity index is 2.36. The van der Waals surface area contributed by atoms with Crippen LogP contribution in [0.4, 0.5) is 17.6 Å². The van der Waals surface area contributed by atoms with Crippen molar-refractivity contribution in [3.05, 3.63) is 34.6 Å². The minimum Gasteiger partial charge on any atom is -0.329 e. The number of alkyl halides is 3. The molecular weight excluding hydrogens is 308 g/mol. The van der Waals surface area contributed by atoms with Gasteiger partial charge in [-0.3, -0.25) is 4.90 Å². The number of halogens is 5. The molecule has 2 rings (SSSR count). The van der Waals surface area contributed by atoms with Crippen LogP contribution in [0.2, 0.25) is 5.02 Å². The van der Waals surface area contributed by atoms with E-state index >= 15 is 0 Å². The molecule has 0 amide bonds. The fourth-order valence-corrected chi connectivity index (χ4v) is 2.73. The molecule has 0 bridgehead atoms. The second-order valence-corrected chi connectivity index (χ2v) is 5.64. The number of nitrogens with zero attached hydrogens (tertiary/aromatic N) is 1. The topological polar surface area (TPSA) is 29.3 Å². The first kappa shape index (κ1) is 16.5. The van der Waals surface area contributed by atoms with E-state index in [1.54, 1.807) is 4.90 Å². The fraction of sp³-hybridized carbons (Fsp3) is 0.571. The van der Waals surface area contributed by atoms with E-state index < -0.39 is 24.5 Å². The van der Waals surface area contributed by atoms with Crippen molar-refractivity contribution in [2.45, 2.75) is 37.5 Å². The van der Waals surface area contributed by atoms with Crippen molar-refractivity contribution in [1.29, 1.82) is 0 Å². The van der Waals surface area contributed by atoms with Crippen molar-refractivity contribution in [2.75, 3.05) is 13.1 Å². The molecule has 1 atom stereocenters. The molecule has 0 spiro atoms. The Kier molecular flexibility index (Phi) is 5.11. The highest BCUT2D eigenvalue weighted by Gasteiger charge is 2.41. The van der Waals surface area contributed by atoms with Gasteiger partial charge in [0.05, 0.1) is 11.4 Å². The van der Waals surface area contributed by atoms with Gasteiger partial charge in [0.1, 0.15) is 5.82 Å². The summed E-state index contributed by atoms with van der Waals surface area (Å²) in [5.41, 5.74) is 5.49. The Labute approximate surface area is 125 Å². The molecule has 21 heavy (non-hydrogen) atoms. The first-order chi connectivity index (χ1) is 9.83. The maximum absolute atomic E-state index is 14.2. The van der Waals surface area contributed by atoms with E-state index in [0.29, 0.717) is 6.54 Å². The third kappa shape index (κ3) is 4.31. The van der Waals surface area contributed by atoms with Gasteiger partial charge in [-0.05, 0) is 18.9 Å². The Morgan fingerprint density at radius 3 is 2.52 bits per heavy atom. The zero-order valence-corrected chi connectivity index (χ0v) is 12.1. The summed E-state index contributed by atoms with van der Waals surface area (Å²) in [6.45, 7) is 0.532. The minimum absolute atomic E-state index is 0.0137. The smallest absolute Gasteiger partial charge is 0.329 e. The summed E-state index contributed by atoms with van der Waals surface area (Å²) in [5.74, 6) is -0.781. The lowest BCUT2D eigenvalue weighted by atomic mass is 10.0. The van der Waals surface area contributed by atoms with Crippen LogP contribution >= 0.6 is 11.6 Å². The molecule has 0 aliphatic heterocycles. The summed E-state index contributed by atoms with van der Waals surface area (Å²) in [4.78, 5) is 1.65. The summed E-state index contributed by atoms with van der Waals surface area (Å²) < 4.78 is 52.8. The zero-order valence-electron chi connectivity index (χ0n) is 11.3. The molecule has 1 aromatic carbocycles. The Bertz CT molecular complexity index is 488. The van der Waals surface area contributed by atoms with Crippen LogP contribution in [-0.2, 0) is 0 Å². The van der Waals surface area contributed by atoms with Crippen LogP contribution in [0.3, 0.4) is 0 Å². The highest BCUT2D eigenvalue weighted by atomic mass is 35.5. The van der Waals surface area contributed by atoms with Crippen LogP contribution < -0.4 is 5.73 Å². The van der Waals surface area contributed by atoms with Crippen molar-refractivity contribution in [2.24, 2.45) is 5.73 Å². The van der Waals surface area contributed by atoms with Crippen molar-refractivity contribution < 1.29 is 17.6 Å². The number of hydrogen-bond donors (Lipinski definition) is 1. The molecule has 7 heteroatoms. The lowest BCUT2D eigenvalue weighted by molar-refractivity contribution is -0.148. The Hall–Kier alpha value is -0.850. The normalized spacial score (nSPS) is 17.3. The highest BCUT2D eigenvalue weighted by Crippen LogP contribution is 2.41. The highest BCUT2D eigenvalue weighted by molar-refractivity contribution is 6.30. The second kappa shape index (κ2) is 6.50. The zero-order chi connectivity index (χ0) is 15.6. The predicted molar refractivity (Wildman–Crippen MR) is 73.6 cm³/mol. The molecule has 0 saturated heterocycles. The lowest BCUT2D eigenvalue weighted by Gasteiger charge is -2.33. The first-order valence-electron chi connectivity index (χ1n) is 6.80. The van der Waals surface area contributed by atoms with Crippen molar-refractivity contribution in [1.82, 2.24) is 4.90 Å². The summed E-state index contributed by atoms with van der Waals surface area (Å²) in [6.07, 6.45) is -3.87. The fourth-order valence-electron chi connectivity index (χ4n) is 2.55. The van der Waals surface area contributed by atoms with Gasteiger partial charge in [0.15, 0.2) is 0 Å². The number of hydrogen-bond acceptors (Lipinski definition) is 2. The molecule has 1 aliphatic carbocycles. The van der Waals surface area contributed by atoms with Crippen molar-refractivity contribution in [3.8, 4) is 0 Å². The lowest BCUT2D eigenvalue weighted by Crippen LogP contribution is -2.38. The molecule has 118 valence electrons. The van der Waals surface area contributed by atoms with E-state index in [0.717, 1.165) is 12.8 Å². The molecule has 1 aromatic rings. The van der Waals surface area contributed by atoms with Gasteiger partial charge in [-0.1, -0.05) is 23.7 Å². The van der Waals surface area contributed by atoms with E-state index in [1.807, 2.05) is 0 Å². The van der Waals surface area contributed by atoms with Crippen LogP contribution in [0.25, 0.3) is 0 Å². The first-order valence-corrected chi connectivity index (χ1v) is 7.17.